The summed E-state index contributed by atoms with van der Waals surface area (Å²) in [6.07, 6.45) is 0. The Morgan fingerprint density at radius 1 is 0.929 bits per heavy atom. The summed E-state index contributed by atoms with van der Waals surface area (Å²) in [5, 5.41) is 5.28. The van der Waals surface area contributed by atoms with Gasteiger partial charge in [-0.2, -0.15) is 0 Å². The summed E-state index contributed by atoms with van der Waals surface area (Å²) < 4.78 is 33.6. The van der Waals surface area contributed by atoms with Gasteiger partial charge in [-0.25, -0.2) is 8.42 Å². The van der Waals surface area contributed by atoms with Crippen molar-refractivity contribution >= 4 is 32.2 Å². The van der Waals surface area contributed by atoms with Crippen LogP contribution in [0.1, 0.15) is 0 Å². The van der Waals surface area contributed by atoms with Gasteiger partial charge in [0.05, 0.1) is 17.7 Å². The lowest BCUT2D eigenvalue weighted by Crippen LogP contribution is -2.43. The molecule has 1 aliphatic heterocycles. The molecular weight excluding hydrogens is 374 g/mol. The van der Waals surface area contributed by atoms with Gasteiger partial charge in [0.15, 0.2) is 0 Å². The lowest BCUT2D eigenvalue weighted by atomic mass is 10.1. The van der Waals surface area contributed by atoms with E-state index in [2.05, 4.69) is 14.9 Å². The van der Waals surface area contributed by atoms with Crippen LogP contribution >= 0.6 is 0 Å². The van der Waals surface area contributed by atoms with E-state index in [9.17, 15) is 8.42 Å². The number of sulfonamides is 1. The van der Waals surface area contributed by atoms with E-state index in [1.807, 2.05) is 36.4 Å². The number of rotatable bonds is 5. The third-order valence-corrected chi connectivity index (χ3v) is 6.35. The largest absolute Gasteiger partial charge is 0.497 e. The fourth-order valence-corrected chi connectivity index (χ4v) is 4.59. The molecule has 0 radical (unpaired) electrons. The minimum absolute atomic E-state index is 0.198. The highest BCUT2D eigenvalue weighted by atomic mass is 32.2. The summed E-state index contributed by atoms with van der Waals surface area (Å²) in [5.41, 5.74) is 1.70. The second-order valence-electron chi connectivity index (χ2n) is 6.70. The Hall–Kier alpha value is -2.77. The van der Waals surface area contributed by atoms with Gasteiger partial charge in [0.2, 0.25) is 0 Å². The lowest BCUT2D eigenvalue weighted by Gasteiger charge is -2.30. The predicted molar refractivity (Wildman–Crippen MR) is 113 cm³/mol. The van der Waals surface area contributed by atoms with Crippen molar-refractivity contribution < 1.29 is 13.2 Å². The Morgan fingerprint density at radius 2 is 1.61 bits per heavy atom. The Labute approximate surface area is 165 Å². The van der Waals surface area contributed by atoms with Gasteiger partial charge in [-0.1, -0.05) is 24.3 Å². The summed E-state index contributed by atoms with van der Waals surface area (Å²) in [6, 6.07) is 18.1. The van der Waals surface area contributed by atoms with E-state index < -0.39 is 10.0 Å². The number of anilines is 2. The third-order valence-electron chi connectivity index (χ3n) is 4.97. The van der Waals surface area contributed by atoms with E-state index in [-0.39, 0.29) is 4.90 Å². The number of fused-ring (bicyclic) bond motifs is 1. The fraction of sp³-hybridized carbons (Fsp3) is 0.238. The molecule has 3 aromatic carbocycles. The van der Waals surface area contributed by atoms with Crippen LogP contribution < -0.4 is 19.7 Å². The summed E-state index contributed by atoms with van der Waals surface area (Å²) >= 11 is 0. The van der Waals surface area contributed by atoms with Crippen molar-refractivity contribution in [2.75, 3.05) is 42.9 Å². The maximum absolute atomic E-state index is 12.9. The molecule has 1 heterocycles. The Kier molecular flexibility index (Phi) is 5.11. The van der Waals surface area contributed by atoms with Gasteiger partial charge < -0.3 is 15.0 Å². The molecule has 0 unspecified atom stereocenters. The van der Waals surface area contributed by atoms with Crippen LogP contribution in [0.15, 0.2) is 65.6 Å². The molecule has 4 rings (SSSR count). The lowest BCUT2D eigenvalue weighted by molar-refractivity contribution is 0.414. The quantitative estimate of drug-likeness (QED) is 0.692. The maximum Gasteiger partial charge on any atom is 0.261 e. The molecule has 6 nitrogen and oxygen atoms in total. The van der Waals surface area contributed by atoms with Crippen LogP contribution in [0.5, 0.6) is 5.75 Å². The monoisotopic (exact) mass is 397 g/mol. The van der Waals surface area contributed by atoms with E-state index in [1.165, 1.54) is 0 Å². The van der Waals surface area contributed by atoms with Crippen molar-refractivity contribution in [3.05, 3.63) is 60.7 Å². The second-order valence-corrected chi connectivity index (χ2v) is 8.38. The highest BCUT2D eigenvalue weighted by Crippen LogP contribution is 2.33. The van der Waals surface area contributed by atoms with Crippen molar-refractivity contribution in [2.45, 2.75) is 4.90 Å². The van der Waals surface area contributed by atoms with Gasteiger partial charge in [-0.15, -0.1) is 0 Å². The number of ether oxygens (including phenoxy) is 1. The summed E-state index contributed by atoms with van der Waals surface area (Å²) in [7, 11) is -2.15. The number of benzene rings is 3. The highest BCUT2D eigenvalue weighted by molar-refractivity contribution is 7.92. The molecule has 2 N–H and O–H groups in total. The molecule has 0 aromatic heterocycles. The standard InChI is InChI=1S/C21H23N3O3S/c1-27-16-6-8-17(9-7-16)28(25,26)23-20-10-11-21(24-14-12-22-13-15-24)19-5-3-2-4-18(19)20/h2-11,22-23H,12-15H2,1H3. The summed E-state index contributed by atoms with van der Waals surface area (Å²) in [4.78, 5) is 2.53. The molecule has 146 valence electrons. The molecule has 7 heteroatoms. The van der Waals surface area contributed by atoms with E-state index in [1.54, 1.807) is 31.4 Å². The average molecular weight is 398 g/mol. The average Bonchev–Trinajstić information content (AvgIpc) is 2.74. The smallest absolute Gasteiger partial charge is 0.261 e. The van der Waals surface area contributed by atoms with E-state index >= 15 is 0 Å². The number of nitrogens with zero attached hydrogens (tertiary/aromatic N) is 1. The highest BCUT2D eigenvalue weighted by Gasteiger charge is 2.18. The minimum atomic E-state index is -3.70. The molecule has 3 aromatic rings. The zero-order valence-electron chi connectivity index (χ0n) is 15.7. The molecule has 1 fully saturated rings. The first-order valence-electron chi connectivity index (χ1n) is 9.23. The van der Waals surface area contributed by atoms with Crippen LogP contribution in [0, 0.1) is 0 Å². The Morgan fingerprint density at radius 3 is 2.29 bits per heavy atom. The van der Waals surface area contributed by atoms with Crippen LogP contribution in [-0.4, -0.2) is 41.7 Å². The van der Waals surface area contributed by atoms with Crippen LogP contribution in [0.2, 0.25) is 0 Å². The topological polar surface area (TPSA) is 70.7 Å². The van der Waals surface area contributed by atoms with Crippen LogP contribution in [0.4, 0.5) is 11.4 Å². The normalized spacial score (nSPS) is 14.8. The number of piperazine rings is 1. The second kappa shape index (κ2) is 7.69. The summed E-state index contributed by atoms with van der Waals surface area (Å²) in [6.45, 7) is 3.75. The van der Waals surface area contributed by atoms with E-state index in [4.69, 9.17) is 4.74 Å². The zero-order valence-corrected chi connectivity index (χ0v) is 16.5. The Balaban J connectivity index is 1.71. The van der Waals surface area contributed by atoms with Gasteiger partial charge in [0, 0.05) is 42.6 Å². The third kappa shape index (κ3) is 3.63. The first kappa shape index (κ1) is 18.6. The molecule has 1 saturated heterocycles. The zero-order chi connectivity index (χ0) is 19.6. The SMILES string of the molecule is COc1ccc(S(=O)(=O)Nc2ccc(N3CCNCC3)c3ccccc23)cc1. The van der Waals surface area contributed by atoms with Gasteiger partial charge >= 0.3 is 0 Å². The molecule has 0 spiro atoms. The maximum atomic E-state index is 12.9. The van der Waals surface area contributed by atoms with Crippen molar-refractivity contribution in [3.63, 3.8) is 0 Å². The van der Waals surface area contributed by atoms with Gasteiger partial charge in [0.25, 0.3) is 10.0 Å². The molecule has 0 saturated carbocycles. The van der Waals surface area contributed by atoms with Gasteiger partial charge in [-0.05, 0) is 36.4 Å². The number of hydrogen-bond donors (Lipinski definition) is 2. The molecule has 0 bridgehead atoms. The number of hydrogen-bond acceptors (Lipinski definition) is 5. The molecule has 1 aliphatic rings. The summed E-state index contributed by atoms with van der Waals surface area (Å²) in [5.74, 6) is 0.616. The Bertz CT molecular complexity index is 1080. The molecule has 0 atom stereocenters. The van der Waals surface area contributed by atoms with Crippen molar-refractivity contribution in [1.29, 1.82) is 0 Å². The van der Waals surface area contributed by atoms with Crippen LogP contribution in [0.25, 0.3) is 10.8 Å². The fourth-order valence-electron chi connectivity index (χ4n) is 3.51. The number of nitrogens with one attached hydrogen (secondary N) is 2. The molecule has 28 heavy (non-hydrogen) atoms. The molecule has 0 aliphatic carbocycles. The van der Waals surface area contributed by atoms with Crippen molar-refractivity contribution in [3.8, 4) is 5.75 Å². The van der Waals surface area contributed by atoms with Gasteiger partial charge in [-0.3, -0.25) is 4.72 Å². The van der Waals surface area contributed by atoms with Crippen LogP contribution in [-0.2, 0) is 10.0 Å². The van der Waals surface area contributed by atoms with E-state index in [0.717, 1.165) is 42.6 Å². The minimum Gasteiger partial charge on any atom is -0.497 e. The van der Waals surface area contributed by atoms with E-state index in [0.29, 0.717) is 11.4 Å². The number of methoxy groups -OCH3 is 1. The van der Waals surface area contributed by atoms with Gasteiger partial charge in [0.1, 0.15) is 5.75 Å². The van der Waals surface area contributed by atoms with Crippen molar-refractivity contribution in [2.24, 2.45) is 0 Å². The molecule has 0 amide bonds. The predicted octanol–water partition coefficient (Wildman–Crippen LogP) is 3.06. The first-order chi connectivity index (χ1) is 13.6. The van der Waals surface area contributed by atoms with Crippen molar-refractivity contribution in [1.82, 2.24) is 5.32 Å². The first-order valence-corrected chi connectivity index (χ1v) is 10.7. The molecular formula is C21H23N3O3S. The van der Waals surface area contributed by atoms with Crippen LogP contribution in [0.3, 0.4) is 0 Å².